The number of aromatic nitrogens is 2. The molecule has 7 nitrogen and oxygen atoms in total. The molecule has 2 aromatic rings. The summed E-state index contributed by atoms with van der Waals surface area (Å²) in [6, 6.07) is 6.35. The predicted molar refractivity (Wildman–Crippen MR) is 94.2 cm³/mol. The van der Waals surface area contributed by atoms with Gasteiger partial charge in [-0.1, -0.05) is 23.2 Å². The SMILES string of the molecule is N#Cc1nccnc1N1CCN(S(=O)(=O)c2cc(Cl)ccc2Cl)CC1. The zero-order chi connectivity index (χ0) is 18.0. The lowest BCUT2D eigenvalue weighted by molar-refractivity contribution is 0.383. The van der Waals surface area contributed by atoms with Gasteiger partial charge in [0.05, 0.1) is 5.02 Å². The second-order valence-corrected chi connectivity index (χ2v) is 8.06. The van der Waals surface area contributed by atoms with Gasteiger partial charge in [0.25, 0.3) is 0 Å². The quantitative estimate of drug-likeness (QED) is 0.787. The predicted octanol–water partition coefficient (Wildman–Crippen LogP) is 2.17. The maximum absolute atomic E-state index is 12.8. The van der Waals surface area contributed by atoms with Crippen molar-refractivity contribution >= 4 is 39.0 Å². The number of sulfonamides is 1. The van der Waals surface area contributed by atoms with E-state index in [2.05, 4.69) is 9.97 Å². The van der Waals surface area contributed by atoms with Gasteiger partial charge < -0.3 is 4.90 Å². The van der Waals surface area contributed by atoms with E-state index in [9.17, 15) is 8.42 Å². The number of hydrogen-bond acceptors (Lipinski definition) is 6. The number of rotatable bonds is 3. The lowest BCUT2D eigenvalue weighted by Crippen LogP contribution is -2.49. The fourth-order valence-electron chi connectivity index (χ4n) is 2.60. The van der Waals surface area contributed by atoms with Crippen molar-refractivity contribution in [2.45, 2.75) is 4.90 Å². The molecule has 0 radical (unpaired) electrons. The van der Waals surface area contributed by atoms with Crippen LogP contribution in [0.1, 0.15) is 5.69 Å². The molecule has 0 amide bonds. The first-order valence-electron chi connectivity index (χ1n) is 7.35. The maximum Gasteiger partial charge on any atom is 0.244 e. The highest BCUT2D eigenvalue weighted by molar-refractivity contribution is 7.89. The van der Waals surface area contributed by atoms with Gasteiger partial charge in [-0.3, -0.25) is 0 Å². The molecule has 25 heavy (non-hydrogen) atoms. The molecule has 0 aliphatic carbocycles. The van der Waals surface area contributed by atoms with Gasteiger partial charge in [0.15, 0.2) is 11.5 Å². The van der Waals surface area contributed by atoms with Crippen molar-refractivity contribution in [2.24, 2.45) is 0 Å². The summed E-state index contributed by atoms with van der Waals surface area (Å²) in [5.74, 6) is 0.461. The van der Waals surface area contributed by atoms with Gasteiger partial charge in [-0.25, -0.2) is 18.4 Å². The van der Waals surface area contributed by atoms with Crippen LogP contribution in [0.5, 0.6) is 0 Å². The smallest absolute Gasteiger partial charge is 0.244 e. The minimum absolute atomic E-state index is 0.00710. The summed E-state index contributed by atoms with van der Waals surface area (Å²) in [7, 11) is -3.75. The normalized spacial score (nSPS) is 15.8. The van der Waals surface area contributed by atoms with Crippen LogP contribution in [0.15, 0.2) is 35.5 Å². The van der Waals surface area contributed by atoms with Crippen LogP contribution >= 0.6 is 23.2 Å². The Morgan fingerprint density at radius 3 is 2.44 bits per heavy atom. The molecule has 0 spiro atoms. The average molecular weight is 398 g/mol. The van der Waals surface area contributed by atoms with Crippen molar-refractivity contribution in [3.8, 4) is 6.07 Å². The molecule has 0 atom stereocenters. The Morgan fingerprint density at radius 1 is 1.08 bits per heavy atom. The van der Waals surface area contributed by atoms with Gasteiger partial charge in [0, 0.05) is 43.6 Å². The summed E-state index contributed by atoms with van der Waals surface area (Å²) in [5, 5.41) is 9.56. The Bertz CT molecular complexity index is 937. The number of hydrogen-bond donors (Lipinski definition) is 0. The van der Waals surface area contributed by atoms with E-state index in [0.717, 1.165) is 0 Å². The minimum Gasteiger partial charge on any atom is -0.352 e. The fraction of sp³-hybridized carbons (Fsp3) is 0.267. The average Bonchev–Trinajstić information content (AvgIpc) is 2.63. The van der Waals surface area contributed by atoms with Crippen molar-refractivity contribution in [3.05, 3.63) is 46.3 Å². The maximum atomic E-state index is 12.8. The van der Waals surface area contributed by atoms with Crippen LogP contribution in [0, 0.1) is 11.3 Å². The van der Waals surface area contributed by atoms with E-state index in [4.69, 9.17) is 28.5 Å². The number of piperazine rings is 1. The summed E-state index contributed by atoms with van der Waals surface area (Å²) in [5.41, 5.74) is 0.219. The first-order valence-corrected chi connectivity index (χ1v) is 9.54. The minimum atomic E-state index is -3.75. The van der Waals surface area contributed by atoms with Crippen LogP contribution in [0.25, 0.3) is 0 Å². The van der Waals surface area contributed by atoms with Crippen molar-refractivity contribution in [3.63, 3.8) is 0 Å². The summed E-state index contributed by atoms with van der Waals surface area (Å²) < 4.78 is 27.0. The molecule has 0 unspecified atom stereocenters. The molecule has 1 aromatic heterocycles. The van der Waals surface area contributed by atoms with Crippen molar-refractivity contribution in [2.75, 3.05) is 31.1 Å². The first kappa shape index (κ1) is 17.9. The van der Waals surface area contributed by atoms with Crippen LogP contribution in [-0.4, -0.2) is 48.9 Å². The van der Waals surface area contributed by atoms with E-state index in [-0.39, 0.29) is 28.7 Å². The lowest BCUT2D eigenvalue weighted by atomic mass is 10.3. The standard InChI is InChI=1S/C15H13Cl2N5O2S/c16-11-1-2-12(17)14(9-11)25(23,24)22-7-5-21(6-8-22)15-13(10-18)19-3-4-20-15/h1-4,9H,5-8H2. The molecule has 1 aromatic carbocycles. The third-order valence-electron chi connectivity index (χ3n) is 3.83. The molecule has 0 N–H and O–H groups in total. The Morgan fingerprint density at radius 2 is 1.76 bits per heavy atom. The zero-order valence-corrected chi connectivity index (χ0v) is 15.3. The third kappa shape index (κ3) is 3.55. The first-order chi connectivity index (χ1) is 11.9. The van der Waals surface area contributed by atoms with Crippen LogP contribution in [0.2, 0.25) is 10.0 Å². The molecular weight excluding hydrogens is 385 g/mol. The van der Waals surface area contributed by atoms with Gasteiger partial charge >= 0.3 is 0 Å². The molecule has 0 bridgehead atoms. The molecule has 2 heterocycles. The van der Waals surface area contributed by atoms with E-state index < -0.39 is 10.0 Å². The number of halogens is 2. The van der Waals surface area contributed by atoms with E-state index in [1.807, 2.05) is 11.0 Å². The highest BCUT2D eigenvalue weighted by Gasteiger charge is 2.31. The zero-order valence-electron chi connectivity index (χ0n) is 12.9. The number of benzene rings is 1. The fourth-order valence-corrected chi connectivity index (χ4v) is 4.75. The Labute approximate surface area is 155 Å². The second kappa shape index (κ2) is 7.14. The van der Waals surface area contributed by atoms with Gasteiger partial charge in [0.1, 0.15) is 11.0 Å². The Hall–Kier alpha value is -1.92. The van der Waals surface area contributed by atoms with Crippen molar-refractivity contribution in [1.82, 2.24) is 14.3 Å². The molecular formula is C15H13Cl2N5O2S. The topological polar surface area (TPSA) is 90.2 Å². The third-order valence-corrected chi connectivity index (χ3v) is 6.45. The molecule has 0 saturated carbocycles. The van der Waals surface area contributed by atoms with E-state index in [1.165, 1.54) is 28.8 Å². The van der Waals surface area contributed by atoms with Crippen LogP contribution in [0.3, 0.4) is 0 Å². The molecule has 1 saturated heterocycles. The van der Waals surface area contributed by atoms with E-state index >= 15 is 0 Å². The molecule has 1 aliphatic heterocycles. The molecule has 1 fully saturated rings. The Balaban J connectivity index is 1.80. The summed E-state index contributed by atoms with van der Waals surface area (Å²) in [6.45, 7) is 1.27. The number of anilines is 1. The highest BCUT2D eigenvalue weighted by Crippen LogP contribution is 2.28. The molecule has 1 aliphatic rings. The van der Waals surface area contributed by atoms with Crippen LogP contribution < -0.4 is 4.90 Å². The highest BCUT2D eigenvalue weighted by atomic mass is 35.5. The van der Waals surface area contributed by atoms with Gasteiger partial charge in [-0.2, -0.15) is 9.57 Å². The summed E-state index contributed by atoms with van der Waals surface area (Å²) >= 11 is 11.9. The number of nitriles is 1. The van der Waals surface area contributed by atoms with Gasteiger partial charge in [-0.15, -0.1) is 0 Å². The number of nitrogens with zero attached hydrogens (tertiary/aromatic N) is 5. The largest absolute Gasteiger partial charge is 0.352 e. The van der Waals surface area contributed by atoms with Crippen LogP contribution in [0.4, 0.5) is 5.82 Å². The monoisotopic (exact) mass is 397 g/mol. The van der Waals surface area contributed by atoms with E-state index in [1.54, 1.807) is 6.07 Å². The van der Waals surface area contributed by atoms with Crippen molar-refractivity contribution in [1.29, 1.82) is 5.26 Å². The van der Waals surface area contributed by atoms with E-state index in [0.29, 0.717) is 23.9 Å². The van der Waals surface area contributed by atoms with Gasteiger partial charge in [-0.05, 0) is 18.2 Å². The molecule has 130 valence electrons. The van der Waals surface area contributed by atoms with Gasteiger partial charge in [0.2, 0.25) is 10.0 Å². The van der Waals surface area contributed by atoms with Crippen LogP contribution in [-0.2, 0) is 10.0 Å². The van der Waals surface area contributed by atoms with Crippen molar-refractivity contribution < 1.29 is 8.42 Å². The molecule has 3 rings (SSSR count). The Kier molecular flexibility index (Phi) is 5.11. The lowest BCUT2D eigenvalue weighted by Gasteiger charge is -2.34. The summed E-state index contributed by atoms with van der Waals surface area (Å²) in [4.78, 5) is 10.00. The molecule has 10 heteroatoms. The summed E-state index contributed by atoms with van der Waals surface area (Å²) in [6.07, 6.45) is 2.95. The second-order valence-electron chi connectivity index (χ2n) is 5.31.